The van der Waals surface area contributed by atoms with E-state index in [9.17, 15) is 0 Å². The molecule has 3 atom stereocenters. The topological polar surface area (TPSA) is 22.3 Å². The van der Waals surface area contributed by atoms with Crippen LogP contribution < -0.4 is 4.57 Å². The Bertz CT molecular complexity index is 725. The Morgan fingerprint density at radius 2 is 1.96 bits per heavy atom. The number of fused-ring (bicyclic) bond motifs is 2. The molecule has 1 aromatic heterocycles. The molecule has 4 rings (SSSR count). The highest BCUT2D eigenvalue weighted by Crippen LogP contribution is 2.33. The Balaban J connectivity index is 1.57. The predicted molar refractivity (Wildman–Crippen MR) is 90.8 cm³/mol. The highest BCUT2D eigenvalue weighted by Gasteiger charge is 2.35. The lowest BCUT2D eigenvalue weighted by atomic mass is 9.85. The summed E-state index contributed by atoms with van der Waals surface area (Å²) in [4.78, 5) is 0. The van der Waals surface area contributed by atoms with Crippen LogP contribution in [-0.4, -0.2) is 19.0 Å². The summed E-state index contributed by atoms with van der Waals surface area (Å²) < 4.78 is 13.7. The van der Waals surface area contributed by atoms with Gasteiger partial charge in [0.05, 0.1) is 12.2 Å². The molecule has 2 aromatic rings. The summed E-state index contributed by atoms with van der Waals surface area (Å²) >= 11 is 0. The van der Waals surface area contributed by atoms with Crippen LogP contribution in [0.1, 0.15) is 31.9 Å². The summed E-state index contributed by atoms with van der Waals surface area (Å²) in [5, 5.41) is 1.29. The number of para-hydroxylation sites is 1. The lowest BCUT2D eigenvalue weighted by Gasteiger charge is -2.27. The molecule has 1 saturated heterocycles. The molecule has 23 heavy (non-hydrogen) atoms. The number of aryl methyl sites for hydroxylation is 1. The fourth-order valence-electron chi connectivity index (χ4n) is 3.90. The summed E-state index contributed by atoms with van der Waals surface area (Å²) in [5.74, 6) is 0.592. The van der Waals surface area contributed by atoms with Crippen LogP contribution in [-0.2, 0) is 16.0 Å². The number of aromatic nitrogens is 1. The van der Waals surface area contributed by atoms with Crippen molar-refractivity contribution in [2.45, 2.75) is 44.9 Å². The quantitative estimate of drug-likeness (QED) is 0.807. The maximum Gasteiger partial charge on any atom is 0.212 e. The van der Waals surface area contributed by atoms with E-state index >= 15 is 0 Å². The van der Waals surface area contributed by atoms with Crippen LogP contribution in [0, 0.1) is 5.92 Å². The largest absolute Gasteiger partial charge is 0.349 e. The Labute approximate surface area is 137 Å². The minimum Gasteiger partial charge on any atom is -0.349 e. The van der Waals surface area contributed by atoms with E-state index in [-0.39, 0.29) is 0 Å². The van der Waals surface area contributed by atoms with Gasteiger partial charge in [-0.2, -0.15) is 4.57 Å². The second-order valence-electron chi connectivity index (χ2n) is 6.52. The van der Waals surface area contributed by atoms with E-state index in [1.165, 1.54) is 23.0 Å². The smallest absolute Gasteiger partial charge is 0.212 e. The van der Waals surface area contributed by atoms with Gasteiger partial charge < -0.3 is 9.47 Å². The van der Waals surface area contributed by atoms with Crippen molar-refractivity contribution in [1.29, 1.82) is 0 Å². The van der Waals surface area contributed by atoms with Crippen molar-refractivity contribution in [3.8, 4) is 0 Å². The minimum atomic E-state index is 0.299. The van der Waals surface area contributed by atoms with E-state index in [0.717, 1.165) is 19.4 Å². The molecule has 2 aliphatic rings. The Morgan fingerprint density at radius 3 is 2.87 bits per heavy atom. The van der Waals surface area contributed by atoms with E-state index in [1.54, 1.807) is 0 Å². The summed E-state index contributed by atoms with van der Waals surface area (Å²) in [5.41, 5.74) is 2.57. The van der Waals surface area contributed by atoms with Crippen molar-refractivity contribution in [2.75, 3.05) is 6.79 Å². The fraction of sp³-hybridized carbons (Fsp3) is 0.450. The molecule has 1 aliphatic carbocycles. The van der Waals surface area contributed by atoms with Gasteiger partial charge in [0.25, 0.3) is 0 Å². The van der Waals surface area contributed by atoms with E-state index in [0.29, 0.717) is 24.9 Å². The molecule has 1 saturated carbocycles. The first-order valence-electron chi connectivity index (χ1n) is 8.68. The third-order valence-electron chi connectivity index (χ3n) is 5.16. The third kappa shape index (κ3) is 2.91. The summed E-state index contributed by atoms with van der Waals surface area (Å²) in [7, 11) is 0. The number of allylic oxidation sites excluding steroid dienone is 1. The summed E-state index contributed by atoms with van der Waals surface area (Å²) in [6.45, 7) is 3.66. The van der Waals surface area contributed by atoms with E-state index < -0.39 is 0 Å². The molecular formula is C20H24NO2+. The monoisotopic (exact) mass is 310 g/mol. The lowest BCUT2D eigenvalue weighted by molar-refractivity contribution is -0.669. The number of hydrogen-bond acceptors (Lipinski definition) is 2. The first kappa shape index (κ1) is 14.9. The molecule has 1 aliphatic heterocycles. The van der Waals surface area contributed by atoms with Gasteiger partial charge in [-0.15, -0.1) is 0 Å². The van der Waals surface area contributed by atoms with Crippen molar-refractivity contribution in [2.24, 2.45) is 5.92 Å². The molecule has 3 unspecified atom stereocenters. The van der Waals surface area contributed by atoms with Crippen LogP contribution in [0.15, 0.2) is 42.5 Å². The first-order chi connectivity index (χ1) is 11.3. The molecule has 0 radical (unpaired) electrons. The number of nitrogens with zero attached hydrogens (tertiary/aromatic N) is 1. The van der Waals surface area contributed by atoms with Gasteiger partial charge >= 0.3 is 0 Å². The standard InChI is InChI=1S/C20H24NO2/c1-2-21-17(11-9-16-5-3-4-6-18(16)21)10-7-15-8-12-19-20(13-15)23-14-22-19/h3-7,9-11,15,19-20H,2,8,12-14H2,1H3/q+1/b10-7+. The van der Waals surface area contributed by atoms with Crippen LogP contribution in [0.4, 0.5) is 0 Å². The first-order valence-corrected chi connectivity index (χ1v) is 8.68. The van der Waals surface area contributed by atoms with E-state index in [4.69, 9.17) is 9.47 Å². The number of hydrogen-bond donors (Lipinski definition) is 0. The number of ether oxygens (including phenoxy) is 2. The molecule has 0 bridgehead atoms. The van der Waals surface area contributed by atoms with Crippen molar-refractivity contribution >= 4 is 17.0 Å². The van der Waals surface area contributed by atoms with Gasteiger partial charge in [0, 0.05) is 23.6 Å². The van der Waals surface area contributed by atoms with Crippen LogP contribution in [0.25, 0.3) is 17.0 Å². The van der Waals surface area contributed by atoms with Crippen molar-refractivity contribution in [3.05, 3.63) is 48.2 Å². The van der Waals surface area contributed by atoms with Crippen molar-refractivity contribution in [3.63, 3.8) is 0 Å². The van der Waals surface area contributed by atoms with Crippen LogP contribution in [0.3, 0.4) is 0 Å². The maximum absolute atomic E-state index is 5.68. The second kappa shape index (κ2) is 6.42. The molecule has 120 valence electrons. The molecule has 0 spiro atoms. The molecule has 0 amide bonds. The van der Waals surface area contributed by atoms with E-state index in [1.807, 2.05) is 0 Å². The number of pyridine rings is 1. The summed E-state index contributed by atoms with van der Waals surface area (Å²) in [6.07, 6.45) is 8.69. The second-order valence-corrected chi connectivity index (χ2v) is 6.52. The molecule has 1 aromatic carbocycles. The highest BCUT2D eigenvalue weighted by molar-refractivity contribution is 5.76. The van der Waals surface area contributed by atoms with Crippen LogP contribution in [0.2, 0.25) is 0 Å². The zero-order chi connectivity index (χ0) is 15.6. The molecule has 2 fully saturated rings. The third-order valence-corrected chi connectivity index (χ3v) is 5.16. The Kier molecular flexibility index (Phi) is 4.15. The zero-order valence-electron chi connectivity index (χ0n) is 13.7. The van der Waals surface area contributed by atoms with Gasteiger partial charge in [0.1, 0.15) is 13.3 Å². The molecule has 2 heterocycles. The SMILES string of the molecule is CC[n+]1c(/C=C/C2CCC3OCOC3C2)ccc2ccccc21. The van der Waals surface area contributed by atoms with E-state index in [2.05, 4.69) is 60.0 Å². The Hall–Kier alpha value is -1.71. The molecule has 3 nitrogen and oxygen atoms in total. The maximum atomic E-state index is 5.68. The van der Waals surface area contributed by atoms with Crippen molar-refractivity contribution < 1.29 is 14.0 Å². The minimum absolute atomic E-state index is 0.299. The van der Waals surface area contributed by atoms with Crippen molar-refractivity contribution in [1.82, 2.24) is 0 Å². The highest BCUT2D eigenvalue weighted by atomic mass is 16.7. The van der Waals surface area contributed by atoms with Gasteiger partial charge in [-0.25, -0.2) is 0 Å². The molecule has 3 heteroatoms. The zero-order valence-corrected chi connectivity index (χ0v) is 13.7. The van der Waals surface area contributed by atoms with Gasteiger partial charge in [0.2, 0.25) is 11.2 Å². The van der Waals surface area contributed by atoms with Gasteiger partial charge in [0.15, 0.2) is 0 Å². The van der Waals surface area contributed by atoms with Gasteiger partial charge in [-0.1, -0.05) is 18.2 Å². The number of rotatable bonds is 3. The molecular weight excluding hydrogens is 286 g/mol. The average molecular weight is 310 g/mol. The lowest BCUT2D eigenvalue weighted by Crippen LogP contribution is -2.36. The van der Waals surface area contributed by atoms with Crippen LogP contribution in [0.5, 0.6) is 0 Å². The average Bonchev–Trinajstić information content (AvgIpc) is 3.07. The molecule has 0 N–H and O–H groups in total. The van der Waals surface area contributed by atoms with Gasteiger partial charge in [-0.05, 0) is 44.2 Å². The normalized spacial score (nSPS) is 27.6. The summed E-state index contributed by atoms with van der Waals surface area (Å²) in [6, 6.07) is 13.0. The fourth-order valence-corrected chi connectivity index (χ4v) is 3.90. The number of benzene rings is 1. The Morgan fingerprint density at radius 1 is 1.09 bits per heavy atom. The van der Waals surface area contributed by atoms with Gasteiger partial charge in [-0.3, -0.25) is 0 Å². The predicted octanol–water partition coefficient (Wildman–Crippen LogP) is 3.70. The van der Waals surface area contributed by atoms with Crippen LogP contribution >= 0.6 is 0 Å².